The minimum Gasteiger partial charge on any atom is -0.466 e. The summed E-state index contributed by atoms with van der Waals surface area (Å²) in [6, 6.07) is 0. The van der Waals surface area contributed by atoms with Crippen molar-refractivity contribution in [2.24, 2.45) is 0 Å². The second-order valence-electron chi connectivity index (χ2n) is 4.00. The maximum Gasteiger partial charge on any atom is 0.348 e. The molecule has 2 N–H and O–H groups in total. The molecule has 2 unspecified atom stereocenters. The zero-order chi connectivity index (χ0) is 15.5. The number of likely N-dealkylation sites (N-methyl/N-ethyl adjacent to an activating group) is 1. The first-order valence-corrected chi connectivity index (χ1v) is 6.21. The summed E-state index contributed by atoms with van der Waals surface area (Å²) in [5, 5.41) is 5.55. The number of hydrogen-bond acceptors (Lipinski definition) is 8. The Hall–Kier alpha value is -1.67. The fraction of sp³-hybridized carbons (Fsp3) is 0.750. The topological polar surface area (TPSA) is 103 Å². The lowest BCUT2D eigenvalue weighted by Crippen LogP contribution is -2.41. The summed E-state index contributed by atoms with van der Waals surface area (Å²) in [5.74, 6) is -2.05. The third kappa shape index (κ3) is 7.05. The van der Waals surface area contributed by atoms with E-state index in [1.54, 1.807) is 14.1 Å². The summed E-state index contributed by atoms with van der Waals surface area (Å²) in [7, 11) is 4.51. The molecule has 0 aliphatic rings. The van der Waals surface area contributed by atoms with Crippen LogP contribution in [-0.2, 0) is 28.6 Å². The van der Waals surface area contributed by atoms with Crippen molar-refractivity contribution in [3.05, 3.63) is 0 Å². The Morgan fingerprint density at radius 1 is 1.00 bits per heavy atom. The second-order valence-corrected chi connectivity index (χ2v) is 4.00. The van der Waals surface area contributed by atoms with Crippen molar-refractivity contribution in [1.82, 2.24) is 10.6 Å². The van der Waals surface area contributed by atoms with Crippen LogP contribution in [-0.4, -0.2) is 64.4 Å². The molecule has 8 nitrogen and oxygen atoms in total. The van der Waals surface area contributed by atoms with E-state index in [1.165, 1.54) is 14.0 Å². The fourth-order valence-corrected chi connectivity index (χ4v) is 1.41. The molecule has 0 aromatic rings. The molecular weight excluding hydrogens is 268 g/mol. The Balaban J connectivity index is 4.67. The minimum absolute atomic E-state index is 0.108. The van der Waals surface area contributed by atoms with E-state index in [9.17, 15) is 14.4 Å². The molecule has 8 heteroatoms. The number of hydrogen-bond donors (Lipinski definition) is 2. The smallest absolute Gasteiger partial charge is 0.348 e. The van der Waals surface area contributed by atoms with E-state index >= 15 is 0 Å². The van der Waals surface area contributed by atoms with Gasteiger partial charge in [0.15, 0.2) is 6.10 Å². The van der Waals surface area contributed by atoms with Crippen molar-refractivity contribution in [1.29, 1.82) is 0 Å². The van der Waals surface area contributed by atoms with Gasteiger partial charge in [0.1, 0.15) is 0 Å². The molecule has 0 heterocycles. The van der Waals surface area contributed by atoms with Crippen LogP contribution in [0.25, 0.3) is 0 Å². The quantitative estimate of drug-likeness (QED) is 0.404. The first-order valence-electron chi connectivity index (χ1n) is 6.21. The van der Waals surface area contributed by atoms with Crippen LogP contribution in [0.3, 0.4) is 0 Å². The highest BCUT2D eigenvalue weighted by molar-refractivity contribution is 5.83. The van der Waals surface area contributed by atoms with E-state index in [-0.39, 0.29) is 13.0 Å². The molecule has 0 saturated heterocycles. The minimum atomic E-state index is -1.08. The Morgan fingerprint density at radius 3 is 2.10 bits per heavy atom. The van der Waals surface area contributed by atoms with Crippen LogP contribution < -0.4 is 10.6 Å². The lowest BCUT2D eigenvalue weighted by molar-refractivity contribution is -0.177. The molecule has 0 spiro atoms. The molecule has 0 aromatic carbocycles. The second kappa shape index (κ2) is 10.2. The van der Waals surface area contributed by atoms with Crippen LogP contribution in [0.1, 0.15) is 13.3 Å². The molecule has 0 saturated carbocycles. The van der Waals surface area contributed by atoms with Crippen molar-refractivity contribution in [2.45, 2.75) is 25.6 Å². The number of carbonyl (C=O) groups is 3. The zero-order valence-electron chi connectivity index (χ0n) is 12.2. The molecule has 0 fully saturated rings. The van der Waals surface area contributed by atoms with Gasteiger partial charge < -0.3 is 24.8 Å². The van der Waals surface area contributed by atoms with E-state index in [1.807, 2.05) is 0 Å². The lowest BCUT2D eigenvalue weighted by atomic mass is 10.2. The van der Waals surface area contributed by atoms with Gasteiger partial charge >= 0.3 is 17.9 Å². The summed E-state index contributed by atoms with van der Waals surface area (Å²) in [6.07, 6.45) is -1.88. The highest BCUT2D eigenvalue weighted by Gasteiger charge is 2.29. The van der Waals surface area contributed by atoms with E-state index in [4.69, 9.17) is 9.47 Å². The van der Waals surface area contributed by atoms with Crippen molar-refractivity contribution >= 4 is 17.9 Å². The summed E-state index contributed by atoms with van der Waals surface area (Å²) in [6.45, 7) is 1.77. The van der Waals surface area contributed by atoms with Gasteiger partial charge in [-0.15, -0.1) is 0 Å². The van der Waals surface area contributed by atoms with Crippen LogP contribution in [0.2, 0.25) is 0 Å². The van der Waals surface area contributed by atoms with Crippen LogP contribution in [0.5, 0.6) is 0 Å². The van der Waals surface area contributed by atoms with Crippen LogP contribution in [0, 0.1) is 0 Å². The van der Waals surface area contributed by atoms with Gasteiger partial charge in [-0.2, -0.15) is 0 Å². The zero-order valence-corrected chi connectivity index (χ0v) is 12.2. The number of methoxy groups -OCH3 is 1. The lowest BCUT2D eigenvalue weighted by Gasteiger charge is -2.20. The molecule has 0 bridgehead atoms. The maximum absolute atomic E-state index is 11.9. The number of ether oxygens (including phenoxy) is 3. The molecule has 20 heavy (non-hydrogen) atoms. The predicted octanol–water partition coefficient (Wildman–Crippen LogP) is -1.17. The number of carbonyl (C=O) groups excluding carboxylic acids is 3. The van der Waals surface area contributed by atoms with Crippen molar-refractivity contribution < 1.29 is 28.6 Å². The molecule has 0 rings (SSSR count). The Morgan fingerprint density at radius 2 is 1.65 bits per heavy atom. The van der Waals surface area contributed by atoms with Gasteiger partial charge in [0, 0.05) is 19.9 Å². The average molecular weight is 290 g/mol. The normalized spacial score (nSPS) is 13.2. The van der Waals surface area contributed by atoms with Crippen LogP contribution >= 0.6 is 0 Å². The van der Waals surface area contributed by atoms with Gasteiger partial charge in [0.2, 0.25) is 6.10 Å². The average Bonchev–Trinajstić information content (AvgIpc) is 2.41. The first-order chi connectivity index (χ1) is 9.46. The molecular formula is C12H22N2O6. The molecule has 0 aliphatic heterocycles. The predicted molar refractivity (Wildman–Crippen MR) is 69.9 cm³/mol. The Labute approximate surface area is 118 Å². The van der Waals surface area contributed by atoms with Crippen molar-refractivity contribution in [3.8, 4) is 0 Å². The van der Waals surface area contributed by atoms with E-state index in [0.29, 0.717) is 6.54 Å². The van der Waals surface area contributed by atoms with Crippen molar-refractivity contribution in [2.75, 3.05) is 34.3 Å². The molecule has 2 atom stereocenters. The third-order valence-corrected chi connectivity index (χ3v) is 2.34. The largest absolute Gasteiger partial charge is 0.466 e. The molecule has 0 aromatic heterocycles. The number of esters is 3. The van der Waals surface area contributed by atoms with Gasteiger partial charge in [-0.1, -0.05) is 0 Å². The molecule has 0 amide bonds. The van der Waals surface area contributed by atoms with Gasteiger partial charge in [0.05, 0.1) is 7.11 Å². The summed E-state index contributed by atoms with van der Waals surface area (Å²) >= 11 is 0. The van der Waals surface area contributed by atoms with Gasteiger partial charge in [0.25, 0.3) is 0 Å². The van der Waals surface area contributed by atoms with Crippen LogP contribution in [0.15, 0.2) is 0 Å². The monoisotopic (exact) mass is 290 g/mol. The van der Waals surface area contributed by atoms with E-state index in [2.05, 4.69) is 15.4 Å². The van der Waals surface area contributed by atoms with Crippen molar-refractivity contribution in [3.63, 3.8) is 0 Å². The molecule has 0 aliphatic carbocycles. The van der Waals surface area contributed by atoms with Gasteiger partial charge in [-0.3, -0.25) is 4.79 Å². The van der Waals surface area contributed by atoms with Gasteiger partial charge in [-0.25, -0.2) is 9.59 Å². The Bertz CT molecular complexity index is 334. The van der Waals surface area contributed by atoms with E-state index < -0.39 is 30.1 Å². The Kier molecular flexibility index (Phi) is 9.31. The van der Waals surface area contributed by atoms with E-state index in [0.717, 1.165) is 0 Å². The highest BCUT2D eigenvalue weighted by Crippen LogP contribution is 2.05. The van der Waals surface area contributed by atoms with Crippen LogP contribution in [0.4, 0.5) is 0 Å². The molecule has 0 radical (unpaired) electrons. The summed E-state index contributed by atoms with van der Waals surface area (Å²) < 4.78 is 14.4. The maximum atomic E-state index is 11.9. The highest BCUT2D eigenvalue weighted by atomic mass is 16.6. The summed E-state index contributed by atoms with van der Waals surface area (Å²) in [5.41, 5.74) is 0. The number of rotatable bonds is 9. The standard InChI is InChI=1S/C12H22N2O6/c1-8(15)19-9(5-6-13-2)12(17)20-10(7-14-3)11(16)18-4/h9-10,13-14H,5-7H2,1-4H3. The SMILES string of the molecule is CNCCC(OC(C)=O)C(=O)OC(CNC)C(=O)OC. The summed E-state index contributed by atoms with van der Waals surface area (Å²) in [4.78, 5) is 34.3. The first kappa shape index (κ1) is 18.3. The van der Waals surface area contributed by atoms with Gasteiger partial charge in [-0.05, 0) is 20.6 Å². The fourth-order valence-electron chi connectivity index (χ4n) is 1.41. The number of nitrogens with one attached hydrogen (secondary N) is 2. The molecule has 116 valence electrons. The third-order valence-electron chi connectivity index (χ3n) is 2.34.